The minimum atomic E-state index is -3.04. The van der Waals surface area contributed by atoms with Gasteiger partial charge in [0.25, 0.3) is 0 Å². The lowest BCUT2D eigenvalue weighted by Crippen LogP contribution is -2.22. The van der Waals surface area contributed by atoms with E-state index < -0.39 is 21.1 Å². The van der Waals surface area contributed by atoms with Gasteiger partial charge in [-0.15, -0.1) is 11.8 Å². The summed E-state index contributed by atoms with van der Waals surface area (Å²) in [6, 6.07) is 9.37. The van der Waals surface area contributed by atoms with Crippen molar-refractivity contribution >= 4 is 27.6 Å². The van der Waals surface area contributed by atoms with E-state index in [9.17, 15) is 18.3 Å². The number of hydrogen-bond acceptors (Lipinski definition) is 4. The number of carbonyl (C=O) groups is 1. The van der Waals surface area contributed by atoms with E-state index in [0.717, 1.165) is 5.56 Å². The van der Waals surface area contributed by atoms with Crippen molar-refractivity contribution in [2.45, 2.75) is 25.0 Å². The topological polar surface area (TPSA) is 71.4 Å². The number of carboxylic acid groups (broad SMARTS) is 1. The second kappa shape index (κ2) is 8.32. The third-order valence-corrected chi connectivity index (χ3v) is 6.09. The lowest BCUT2D eigenvalue weighted by Gasteiger charge is -2.12. The zero-order chi connectivity index (χ0) is 15.0. The second-order valence-electron chi connectivity index (χ2n) is 4.54. The van der Waals surface area contributed by atoms with E-state index in [1.165, 1.54) is 11.8 Å². The van der Waals surface area contributed by atoms with E-state index in [-0.39, 0.29) is 11.5 Å². The fourth-order valence-electron chi connectivity index (χ4n) is 1.78. The lowest BCUT2D eigenvalue weighted by atomic mass is 10.1. The van der Waals surface area contributed by atoms with Gasteiger partial charge in [0, 0.05) is 11.5 Å². The maximum absolute atomic E-state index is 11.6. The Bertz CT molecular complexity index is 511. The molecular weight excluding hydrogens is 296 g/mol. The fourth-order valence-corrected chi connectivity index (χ4v) is 4.74. The van der Waals surface area contributed by atoms with Crippen molar-refractivity contribution in [2.24, 2.45) is 0 Å². The molecule has 1 atom stereocenters. The molecule has 0 aliphatic heterocycles. The van der Waals surface area contributed by atoms with E-state index >= 15 is 0 Å². The summed E-state index contributed by atoms with van der Waals surface area (Å²) in [6.45, 7) is 1.82. The average molecular weight is 316 g/mol. The monoisotopic (exact) mass is 316 g/mol. The quantitative estimate of drug-likeness (QED) is 0.756. The molecule has 0 aliphatic rings. The van der Waals surface area contributed by atoms with Crippen LogP contribution in [0.3, 0.4) is 0 Å². The van der Waals surface area contributed by atoms with E-state index in [0.29, 0.717) is 18.6 Å². The Labute approximate surface area is 124 Å². The Hall–Kier alpha value is -1.01. The van der Waals surface area contributed by atoms with Crippen LogP contribution in [0.5, 0.6) is 0 Å². The predicted octanol–water partition coefficient (Wildman–Crippen LogP) is 2.24. The van der Waals surface area contributed by atoms with Crippen LogP contribution in [0.25, 0.3) is 0 Å². The van der Waals surface area contributed by atoms with Gasteiger partial charge in [0.1, 0.15) is 5.25 Å². The summed E-state index contributed by atoms with van der Waals surface area (Å²) < 4.78 is 23.2. The van der Waals surface area contributed by atoms with Gasteiger partial charge in [-0.05, 0) is 18.4 Å². The first-order chi connectivity index (χ1) is 9.44. The number of aliphatic carboxylic acids is 1. The van der Waals surface area contributed by atoms with Crippen LogP contribution in [0.1, 0.15) is 18.9 Å². The maximum atomic E-state index is 11.6. The normalized spacial score (nSPS) is 13.1. The van der Waals surface area contributed by atoms with Gasteiger partial charge in [-0.3, -0.25) is 4.79 Å². The molecule has 1 unspecified atom stereocenters. The van der Waals surface area contributed by atoms with Crippen molar-refractivity contribution in [1.82, 2.24) is 0 Å². The average Bonchev–Trinajstić information content (AvgIpc) is 2.38. The van der Waals surface area contributed by atoms with Gasteiger partial charge >= 0.3 is 5.97 Å². The largest absolute Gasteiger partial charge is 0.480 e. The zero-order valence-electron chi connectivity index (χ0n) is 11.5. The number of thioether (sulfide) groups is 1. The molecule has 0 aromatic heterocycles. The molecule has 0 heterocycles. The smallest absolute Gasteiger partial charge is 0.316 e. The highest BCUT2D eigenvalue weighted by atomic mass is 32.2. The molecule has 0 bridgehead atoms. The highest BCUT2D eigenvalue weighted by Gasteiger charge is 2.19. The van der Waals surface area contributed by atoms with Crippen LogP contribution in [0.15, 0.2) is 30.3 Å². The second-order valence-corrected chi connectivity index (χ2v) is 8.15. The number of sulfone groups is 1. The maximum Gasteiger partial charge on any atom is 0.316 e. The molecule has 0 amide bonds. The first-order valence-electron chi connectivity index (χ1n) is 6.53. The molecule has 1 N–H and O–H groups in total. The summed E-state index contributed by atoms with van der Waals surface area (Å²) in [5, 5.41) is 8.59. The lowest BCUT2D eigenvalue weighted by molar-refractivity contribution is -0.136. The zero-order valence-corrected chi connectivity index (χ0v) is 13.1. The van der Waals surface area contributed by atoms with Crippen molar-refractivity contribution in [2.75, 3.05) is 17.3 Å². The van der Waals surface area contributed by atoms with Gasteiger partial charge in [-0.1, -0.05) is 37.3 Å². The van der Waals surface area contributed by atoms with Crippen molar-refractivity contribution in [1.29, 1.82) is 0 Å². The van der Waals surface area contributed by atoms with Crippen molar-refractivity contribution < 1.29 is 18.3 Å². The number of rotatable bonds is 9. The molecule has 0 saturated heterocycles. The van der Waals surface area contributed by atoms with Crippen LogP contribution < -0.4 is 0 Å². The molecule has 0 aliphatic carbocycles. The van der Waals surface area contributed by atoms with Crippen LogP contribution in [0.4, 0.5) is 0 Å². The van der Waals surface area contributed by atoms with E-state index in [2.05, 4.69) is 0 Å². The Morgan fingerprint density at radius 1 is 1.25 bits per heavy atom. The Morgan fingerprint density at radius 3 is 2.45 bits per heavy atom. The molecule has 0 saturated carbocycles. The van der Waals surface area contributed by atoms with Gasteiger partial charge in [0.2, 0.25) is 0 Å². The first kappa shape index (κ1) is 17.0. The minimum absolute atomic E-state index is 0.0457. The summed E-state index contributed by atoms with van der Waals surface area (Å²) in [7, 11) is -3.04. The van der Waals surface area contributed by atoms with Gasteiger partial charge in [0.05, 0.1) is 5.75 Å². The highest BCUT2D eigenvalue weighted by molar-refractivity contribution is 8.01. The summed E-state index contributed by atoms with van der Waals surface area (Å²) in [4.78, 5) is 11.2. The molecule has 0 radical (unpaired) electrons. The molecule has 1 rings (SSSR count). The Morgan fingerprint density at radius 2 is 1.90 bits per heavy atom. The molecule has 112 valence electrons. The van der Waals surface area contributed by atoms with Crippen LogP contribution in [-0.2, 0) is 21.1 Å². The molecule has 4 nitrogen and oxygen atoms in total. The van der Waals surface area contributed by atoms with Crippen molar-refractivity contribution in [3.8, 4) is 0 Å². The SMILES string of the molecule is CCCS(=O)(=O)CCSC(Cc1ccccc1)C(=O)O. The third-order valence-electron chi connectivity index (χ3n) is 2.77. The molecule has 1 aromatic rings. The molecule has 0 spiro atoms. The summed E-state index contributed by atoms with van der Waals surface area (Å²) >= 11 is 1.20. The van der Waals surface area contributed by atoms with Crippen LogP contribution >= 0.6 is 11.8 Å². The number of carboxylic acids is 1. The molecule has 20 heavy (non-hydrogen) atoms. The van der Waals surface area contributed by atoms with Crippen LogP contribution in [0.2, 0.25) is 0 Å². The van der Waals surface area contributed by atoms with Gasteiger partial charge in [-0.25, -0.2) is 8.42 Å². The molecule has 6 heteroatoms. The molecular formula is C14H20O4S2. The van der Waals surface area contributed by atoms with E-state index in [1.54, 1.807) is 0 Å². The third kappa shape index (κ3) is 6.43. The first-order valence-corrected chi connectivity index (χ1v) is 9.40. The summed E-state index contributed by atoms with van der Waals surface area (Å²) in [6.07, 6.45) is 1.01. The van der Waals surface area contributed by atoms with Crippen molar-refractivity contribution in [3.05, 3.63) is 35.9 Å². The fraction of sp³-hybridized carbons (Fsp3) is 0.500. The predicted molar refractivity (Wildman–Crippen MR) is 83.0 cm³/mol. The Kier molecular flexibility index (Phi) is 7.09. The van der Waals surface area contributed by atoms with Crippen LogP contribution in [0, 0.1) is 0 Å². The highest BCUT2D eigenvalue weighted by Crippen LogP contribution is 2.17. The Balaban J connectivity index is 2.50. The van der Waals surface area contributed by atoms with Crippen LogP contribution in [-0.4, -0.2) is 42.0 Å². The van der Waals surface area contributed by atoms with E-state index in [4.69, 9.17) is 0 Å². The molecule has 1 aromatic carbocycles. The minimum Gasteiger partial charge on any atom is -0.480 e. The standard InChI is InChI=1S/C14H20O4S2/c1-2-9-20(17,18)10-8-19-13(14(15)16)11-12-6-4-3-5-7-12/h3-7,13H,2,8-11H2,1H3,(H,15,16). The van der Waals surface area contributed by atoms with E-state index in [1.807, 2.05) is 37.3 Å². The van der Waals surface area contributed by atoms with Gasteiger partial charge in [-0.2, -0.15) is 0 Å². The number of hydrogen-bond donors (Lipinski definition) is 1. The summed E-state index contributed by atoms with van der Waals surface area (Å²) in [5.41, 5.74) is 0.948. The molecule has 0 fully saturated rings. The van der Waals surface area contributed by atoms with Crippen molar-refractivity contribution in [3.63, 3.8) is 0 Å². The number of benzene rings is 1. The van der Waals surface area contributed by atoms with Gasteiger partial charge < -0.3 is 5.11 Å². The summed E-state index contributed by atoms with van der Waals surface area (Å²) in [5.74, 6) is -0.355. The van der Waals surface area contributed by atoms with Gasteiger partial charge in [0.15, 0.2) is 9.84 Å².